The highest BCUT2D eigenvalue weighted by Crippen LogP contribution is 2.15. The Labute approximate surface area is 167 Å². The summed E-state index contributed by atoms with van der Waals surface area (Å²) in [6, 6.07) is 19.6. The molecule has 3 N–H and O–H groups in total. The average Bonchev–Trinajstić information content (AvgIpc) is 3.24. The lowest BCUT2D eigenvalue weighted by Gasteiger charge is -2.09. The van der Waals surface area contributed by atoms with Gasteiger partial charge in [-0.15, -0.1) is 0 Å². The number of hydrogen-bond donors (Lipinski definition) is 3. The summed E-state index contributed by atoms with van der Waals surface area (Å²) < 4.78 is 5.04. The van der Waals surface area contributed by atoms with Gasteiger partial charge in [0, 0.05) is 17.5 Å². The second kappa shape index (κ2) is 9.29. The van der Waals surface area contributed by atoms with Crippen LogP contribution in [0.1, 0.15) is 16.1 Å². The van der Waals surface area contributed by atoms with E-state index >= 15 is 0 Å². The van der Waals surface area contributed by atoms with Gasteiger partial charge in [0.15, 0.2) is 10.9 Å². The molecule has 3 rings (SSSR count). The summed E-state index contributed by atoms with van der Waals surface area (Å²) in [4.78, 5) is 23.9. The highest BCUT2D eigenvalue weighted by molar-refractivity contribution is 7.80. The quantitative estimate of drug-likeness (QED) is 0.451. The van der Waals surface area contributed by atoms with Crippen molar-refractivity contribution < 1.29 is 14.0 Å². The maximum absolute atomic E-state index is 11.9. The molecule has 0 saturated carbocycles. The first kappa shape index (κ1) is 19.1. The Morgan fingerprint density at radius 2 is 1.54 bits per heavy atom. The van der Waals surface area contributed by atoms with Gasteiger partial charge in [0.2, 0.25) is 5.91 Å². The number of thiocarbonyl (C=S) groups is 1. The predicted octanol–water partition coefficient (Wildman–Crippen LogP) is 4.06. The van der Waals surface area contributed by atoms with Crippen molar-refractivity contribution in [3.05, 3.63) is 90.4 Å². The standard InChI is InChI=1S/C21H17N3O3S/c25-19(13-8-15-5-2-1-3-6-15)24-21(28)23-17-11-9-16(10-12-17)22-20(26)18-7-4-14-27-18/h1-14H,(H,22,26)(H2,23,24,25,28). The van der Waals surface area contributed by atoms with Gasteiger partial charge in [-0.05, 0) is 60.3 Å². The van der Waals surface area contributed by atoms with Crippen LogP contribution in [0, 0.1) is 0 Å². The Morgan fingerprint density at radius 3 is 2.18 bits per heavy atom. The molecule has 6 nitrogen and oxygen atoms in total. The minimum Gasteiger partial charge on any atom is -0.459 e. The molecule has 0 bridgehead atoms. The molecule has 3 aromatic rings. The molecule has 0 aliphatic rings. The van der Waals surface area contributed by atoms with E-state index in [0.29, 0.717) is 11.4 Å². The first-order chi connectivity index (χ1) is 13.6. The molecule has 2 aromatic carbocycles. The zero-order chi connectivity index (χ0) is 19.8. The molecule has 7 heteroatoms. The number of amides is 2. The van der Waals surface area contributed by atoms with Crippen LogP contribution in [0.4, 0.5) is 11.4 Å². The first-order valence-electron chi connectivity index (χ1n) is 8.40. The number of benzene rings is 2. The summed E-state index contributed by atoms with van der Waals surface area (Å²) in [6.45, 7) is 0. The zero-order valence-electron chi connectivity index (χ0n) is 14.7. The number of anilines is 2. The van der Waals surface area contributed by atoms with Crippen molar-refractivity contribution in [2.24, 2.45) is 0 Å². The van der Waals surface area contributed by atoms with Crippen LogP contribution in [0.25, 0.3) is 6.08 Å². The van der Waals surface area contributed by atoms with Gasteiger partial charge in [-0.1, -0.05) is 30.3 Å². The lowest BCUT2D eigenvalue weighted by Crippen LogP contribution is -2.32. The molecular weight excluding hydrogens is 374 g/mol. The predicted molar refractivity (Wildman–Crippen MR) is 113 cm³/mol. The number of hydrogen-bond acceptors (Lipinski definition) is 4. The maximum atomic E-state index is 11.9. The Bertz CT molecular complexity index is 982. The molecule has 0 unspecified atom stereocenters. The monoisotopic (exact) mass is 391 g/mol. The average molecular weight is 391 g/mol. The molecule has 0 spiro atoms. The minimum absolute atomic E-state index is 0.176. The number of nitrogens with one attached hydrogen (secondary N) is 3. The fraction of sp³-hybridized carbons (Fsp3) is 0. The van der Waals surface area contributed by atoms with Gasteiger partial charge in [-0.3, -0.25) is 14.9 Å². The van der Waals surface area contributed by atoms with Crippen LogP contribution in [-0.2, 0) is 4.79 Å². The van der Waals surface area contributed by atoms with E-state index in [4.69, 9.17) is 16.6 Å². The molecule has 1 heterocycles. The van der Waals surface area contributed by atoms with E-state index in [1.54, 1.807) is 42.5 Å². The third kappa shape index (κ3) is 5.65. The van der Waals surface area contributed by atoms with Gasteiger partial charge in [0.1, 0.15) is 0 Å². The van der Waals surface area contributed by atoms with Crippen LogP contribution >= 0.6 is 12.2 Å². The molecule has 140 valence electrons. The number of furan rings is 1. The van der Waals surface area contributed by atoms with E-state index in [2.05, 4.69) is 16.0 Å². The Morgan fingerprint density at radius 1 is 0.857 bits per heavy atom. The lowest BCUT2D eigenvalue weighted by molar-refractivity contribution is -0.115. The summed E-state index contributed by atoms with van der Waals surface area (Å²) in [7, 11) is 0. The van der Waals surface area contributed by atoms with E-state index in [9.17, 15) is 9.59 Å². The van der Waals surface area contributed by atoms with Crippen LogP contribution in [0.3, 0.4) is 0 Å². The van der Waals surface area contributed by atoms with E-state index in [1.807, 2.05) is 30.3 Å². The van der Waals surface area contributed by atoms with Crippen LogP contribution in [0.5, 0.6) is 0 Å². The first-order valence-corrected chi connectivity index (χ1v) is 8.81. The summed E-state index contributed by atoms with van der Waals surface area (Å²) in [5.74, 6) is -0.433. The normalized spacial score (nSPS) is 10.4. The highest BCUT2D eigenvalue weighted by Gasteiger charge is 2.08. The van der Waals surface area contributed by atoms with Crippen LogP contribution in [0.2, 0.25) is 0 Å². The largest absolute Gasteiger partial charge is 0.459 e. The van der Waals surface area contributed by atoms with Gasteiger partial charge in [-0.2, -0.15) is 0 Å². The molecule has 1 aromatic heterocycles. The molecule has 2 amide bonds. The van der Waals surface area contributed by atoms with Crippen molar-refractivity contribution in [2.45, 2.75) is 0 Å². The molecule has 0 saturated heterocycles. The van der Waals surface area contributed by atoms with Gasteiger partial charge >= 0.3 is 0 Å². The minimum atomic E-state index is -0.335. The molecule has 0 aliphatic carbocycles. The summed E-state index contributed by atoms with van der Waals surface area (Å²) >= 11 is 5.14. The van der Waals surface area contributed by atoms with Crippen molar-refractivity contribution in [1.82, 2.24) is 5.32 Å². The molecular formula is C21H17N3O3S. The van der Waals surface area contributed by atoms with Crippen LogP contribution < -0.4 is 16.0 Å². The molecule has 0 atom stereocenters. The molecule has 28 heavy (non-hydrogen) atoms. The Hall–Kier alpha value is -3.71. The third-order valence-electron chi connectivity index (χ3n) is 3.61. The second-order valence-electron chi connectivity index (χ2n) is 5.70. The van der Waals surface area contributed by atoms with Gasteiger partial charge in [0.25, 0.3) is 5.91 Å². The van der Waals surface area contributed by atoms with Gasteiger partial charge in [0.05, 0.1) is 6.26 Å². The fourth-order valence-electron chi connectivity index (χ4n) is 2.29. The number of carbonyl (C=O) groups excluding carboxylic acids is 2. The summed E-state index contributed by atoms with van der Waals surface area (Å²) in [5.41, 5.74) is 2.20. The zero-order valence-corrected chi connectivity index (χ0v) is 15.5. The fourth-order valence-corrected chi connectivity index (χ4v) is 2.51. The van der Waals surface area contributed by atoms with E-state index in [-0.39, 0.29) is 22.7 Å². The maximum Gasteiger partial charge on any atom is 0.291 e. The SMILES string of the molecule is O=C(C=Cc1ccccc1)NC(=S)Nc1ccc(NC(=O)c2ccco2)cc1. The van der Waals surface area contributed by atoms with E-state index < -0.39 is 0 Å². The second-order valence-corrected chi connectivity index (χ2v) is 6.10. The van der Waals surface area contributed by atoms with Crippen molar-refractivity contribution >= 4 is 46.6 Å². The number of carbonyl (C=O) groups is 2. The molecule has 0 aliphatic heterocycles. The lowest BCUT2D eigenvalue weighted by atomic mass is 10.2. The molecule has 0 radical (unpaired) electrons. The van der Waals surface area contributed by atoms with Crippen molar-refractivity contribution in [3.8, 4) is 0 Å². The Balaban J connectivity index is 1.49. The number of rotatable bonds is 5. The van der Waals surface area contributed by atoms with Crippen molar-refractivity contribution in [2.75, 3.05) is 10.6 Å². The smallest absolute Gasteiger partial charge is 0.291 e. The Kier molecular flexibility index (Phi) is 6.33. The van der Waals surface area contributed by atoms with Crippen molar-refractivity contribution in [1.29, 1.82) is 0 Å². The van der Waals surface area contributed by atoms with Crippen molar-refractivity contribution in [3.63, 3.8) is 0 Å². The summed E-state index contributed by atoms with van der Waals surface area (Å²) in [5, 5.41) is 8.38. The topological polar surface area (TPSA) is 83.4 Å². The van der Waals surface area contributed by atoms with E-state index in [0.717, 1.165) is 5.56 Å². The third-order valence-corrected chi connectivity index (χ3v) is 3.81. The van der Waals surface area contributed by atoms with Crippen LogP contribution in [0.15, 0.2) is 83.5 Å². The van der Waals surface area contributed by atoms with Crippen LogP contribution in [-0.4, -0.2) is 16.9 Å². The summed E-state index contributed by atoms with van der Waals surface area (Å²) in [6.07, 6.45) is 4.55. The highest BCUT2D eigenvalue weighted by atomic mass is 32.1. The van der Waals surface area contributed by atoms with Gasteiger partial charge < -0.3 is 15.1 Å². The van der Waals surface area contributed by atoms with E-state index in [1.165, 1.54) is 12.3 Å². The van der Waals surface area contributed by atoms with Gasteiger partial charge in [-0.25, -0.2) is 0 Å². The molecule has 0 fully saturated rings.